The molecular formula is C28H20F2O3S. The van der Waals surface area contributed by atoms with Crippen molar-refractivity contribution in [1.29, 1.82) is 0 Å². The van der Waals surface area contributed by atoms with E-state index in [1.54, 1.807) is 18.2 Å². The van der Waals surface area contributed by atoms with Crippen LogP contribution in [0.3, 0.4) is 0 Å². The molecule has 3 nitrogen and oxygen atoms in total. The smallest absolute Gasteiger partial charge is 0.214 e. The third-order valence-electron chi connectivity index (χ3n) is 5.53. The lowest BCUT2D eigenvalue weighted by atomic mass is 9.92. The maximum atomic E-state index is 13.1. The Balaban J connectivity index is 1.42. The van der Waals surface area contributed by atoms with Crippen molar-refractivity contribution in [3.63, 3.8) is 0 Å². The fourth-order valence-electron chi connectivity index (χ4n) is 3.62. The molecular weight excluding hydrogens is 454 g/mol. The molecule has 4 rings (SSSR count). The number of hydrogen-bond donors (Lipinski definition) is 0. The van der Waals surface area contributed by atoms with E-state index in [0.717, 1.165) is 40.7 Å². The predicted octanol–water partition coefficient (Wildman–Crippen LogP) is 5.51. The minimum Gasteiger partial charge on any atom is -0.303 e. The van der Waals surface area contributed by atoms with Crippen LogP contribution in [0.1, 0.15) is 28.2 Å². The van der Waals surface area contributed by atoms with Gasteiger partial charge in [0.25, 0.3) is 0 Å². The zero-order valence-electron chi connectivity index (χ0n) is 18.0. The van der Waals surface area contributed by atoms with Crippen molar-refractivity contribution in [3.05, 3.63) is 131 Å². The van der Waals surface area contributed by atoms with E-state index in [4.69, 9.17) is 0 Å². The maximum absolute atomic E-state index is 13.1. The molecule has 0 fully saturated rings. The van der Waals surface area contributed by atoms with Gasteiger partial charge in [-0.1, -0.05) is 42.5 Å². The summed E-state index contributed by atoms with van der Waals surface area (Å²) in [6.45, 7) is 0. The predicted molar refractivity (Wildman–Crippen MR) is 124 cm³/mol. The Labute approximate surface area is 197 Å². The van der Waals surface area contributed by atoms with Crippen molar-refractivity contribution in [2.75, 3.05) is 0 Å². The molecule has 6 heteroatoms. The second kappa shape index (κ2) is 9.98. The third-order valence-corrected chi connectivity index (χ3v) is 7.24. The number of carbonyl (C=O) groups is 1. The summed E-state index contributed by atoms with van der Waals surface area (Å²) in [5, 5.41) is 0. The summed E-state index contributed by atoms with van der Waals surface area (Å²) in [6, 6.07) is 27.1. The number of hydrogen-bond acceptors (Lipinski definition) is 3. The first-order valence-electron chi connectivity index (χ1n) is 10.6. The molecule has 0 bridgehead atoms. The largest absolute Gasteiger partial charge is 0.303 e. The number of benzene rings is 3. The SMILES string of the molecule is O=C[C@H](Cc1ccc(Cc2c#cc(S(=O)(=O)c3ccc(F)cc3)cc2)cc1)c1ccc(F)cc1. The van der Waals surface area contributed by atoms with Gasteiger partial charge in [0, 0.05) is 17.9 Å². The summed E-state index contributed by atoms with van der Waals surface area (Å²) in [4.78, 5) is 11.5. The highest BCUT2D eigenvalue weighted by Gasteiger charge is 2.17. The van der Waals surface area contributed by atoms with E-state index in [0.29, 0.717) is 12.8 Å². The second-order valence-electron chi connectivity index (χ2n) is 7.92. The van der Waals surface area contributed by atoms with Crippen molar-refractivity contribution >= 4 is 16.1 Å². The van der Waals surface area contributed by atoms with Crippen molar-refractivity contribution < 1.29 is 22.0 Å². The van der Waals surface area contributed by atoms with Crippen LogP contribution in [-0.2, 0) is 27.5 Å². The van der Waals surface area contributed by atoms with Crippen LogP contribution in [0.15, 0.2) is 94.7 Å². The monoisotopic (exact) mass is 474 g/mol. The molecule has 0 aliphatic heterocycles. The van der Waals surface area contributed by atoms with Crippen molar-refractivity contribution in [3.8, 4) is 0 Å². The van der Waals surface area contributed by atoms with E-state index in [2.05, 4.69) is 12.1 Å². The van der Waals surface area contributed by atoms with Gasteiger partial charge in [-0.15, -0.1) is 0 Å². The lowest BCUT2D eigenvalue weighted by molar-refractivity contribution is -0.109. The fraction of sp³-hybridized carbons (Fsp3) is 0.107. The minimum absolute atomic E-state index is 0.00356. The summed E-state index contributed by atoms with van der Waals surface area (Å²) >= 11 is 0. The second-order valence-corrected chi connectivity index (χ2v) is 9.84. The molecule has 0 unspecified atom stereocenters. The Bertz CT molecular complexity index is 1360. The van der Waals surface area contributed by atoms with E-state index in [9.17, 15) is 22.0 Å². The molecule has 170 valence electrons. The van der Waals surface area contributed by atoms with Gasteiger partial charge in [0.05, 0.1) is 4.90 Å². The molecule has 4 aromatic rings. The average molecular weight is 475 g/mol. The van der Waals surface area contributed by atoms with E-state index in [-0.39, 0.29) is 21.5 Å². The molecule has 0 saturated carbocycles. The Hall–Kier alpha value is -3.82. The molecule has 0 aliphatic carbocycles. The van der Waals surface area contributed by atoms with E-state index >= 15 is 0 Å². The molecule has 0 N–H and O–H groups in total. The van der Waals surface area contributed by atoms with Crippen molar-refractivity contribution in [2.45, 2.75) is 28.6 Å². The molecule has 0 spiro atoms. The highest BCUT2D eigenvalue weighted by Crippen LogP contribution is 2.22. The van der Waals surface area contributed by atoms with Crippen molar-refractivity contribution in [2.24, 2.45) is 0 Å². The van der Waals surface area contributed by atoms with Gasteiger partial charge in [0.2, 0.25) is 9.84 Å². The number of aldehydes is 1. The van der Waals surface area contributed by atoms with Crippen LogP contribution in [0.4, 0.5) is 8.78 Å². The molecule has 0 radical (unpaired) electrons. The van der Waals surface area contributed by atoms with Gasteiger partial charge in [-0.2, -0.15) is 0 Å². The summed E-state index contributed by atoms with van der Waals surface area (Å²) < 4.78 is 51.6. The minimum atomic E-state index is -3.79. The zero-order valence-corrected chi connectivity index (χ0v) is 18.9. The molecule has 1 atom stereocenters. The highest BCUT2D eigenvalue weighted by molar-refractivity contribution is 7.91. The van der Waals surface area contributed by atoms with Crippen molar-refractivity contribution in [1.82, 2.24) is 0 Å². The summed E-state index contributed by atoms with van der Waals surface area (Å²) in [5.74, 6) is -1.20. The van der Waals surface area contributed by atoms with Gasteiger partial charge in [-0.3, -0.25) is 0 Å². The highest BCUT2D eigenvalue weighted by atomic mass is 32.2. The Kier molecular flexibility index (Phi) is 6.85. The van der Waals surface area contributed by atoms with Gasteiger partial charge in [0.15, 0.2) is 0 Å². The van der Waals surface area contributed by atoms with Crippen LogP contribution in [0.2, 0.25) is 0 Å². The van der Waals surface area contributed by atoms with E-state index < -0.39 is 15.7 Å². The van der Waals surface area contributed by atoms with Crippen LogP contribution in [-0.4, -0.2) is 14.7 Å². The third kappa shape index (κ3) is 5.38. The standard InChI is InChI=1S/C28H20F2O3S/c29-25-9-7-23(8-10-25)24(19-31)18-22-3-1-20(2-4-22)17-21-5-13-27(14-6-21)34(32,33)28-15-11-26(30)12-16-28/h1-5,7-13,15-16,19,24H,17-18H2/t24-/m0/s1. The topological polar surface area (TPSA) is 51.2 Å². The molecule has 0 amide bonds. The number of sulfone groups is 1. The summed E-state index contributed by atoms with van der Waals surface area (Å²) in [6.07, 6.45) is 1.90. The Morgan fingerprint density at radius 1 is 0.735 bits per heavy atom. The molecule has 0 saturated heterocycles. The lowest BCUT2D eigenvalue weighted by Gasteiger charge is -2.11. The zero-order chi connectivity index (χ0) is 24.1. The van der Waals surface area contributed by atoms with Crippen LogP contribution in [0, 0.1) is 23.8 Å². The number of carbonyl (C=O) groups excluding carboxylic acids is 1. The van der Waals surface area contributed by atoms with Crippen LogP contribution >= 0.6 is 0 Å². The van der Waals surface area contributed by atoms with Crippen LogP contribution in [0.5, 0.6) is 0 Å². The Morgan fingerprint density at radius 3 is 1.88 bits per heavy atom. The van der Waals surface area contributed by atoms with E-state index in [1.807, 2.05) is 24.3 Å². The van der Waals surface area contributed by atoms with Gasteiger partial charge in [-0.25, -0.2) is 17.2 Å². The molecule has 0 heterocycles. The quantitative estimate of drug-likeness (QED) is 0.250. The van der Waals surface area contributed by atoms with Gasteiger partial charge < -0.3 is 4.79 Å². The van der Waals surface area contributed by atoms with Gasteiger partial charge in [-0.05, 0) is 77.7 Å². The number of halogens is 2. The first-order chi connectivity index (χ1) is 16.3. The first kappa shape index (κ1) is 23.3. The molecule has 34 heavy (non-hydrogen) atoms. The Morgan fingerprint density at radius 2 is 1.32 bits per heavy atom. The summed E-state index contributed by atoms with van der Waals surface area (Å²) in [7, 11) is -3.79. The molecule has 4 aromatic carbocycles. The van der Waals surface area contributed by atoms with Gasteiger partial charge in [0.1, 0.15) is 22.8 Å². The maximum Gasteiger partial charge on any atom is 0.214 e. The average Bonchev–Trinajstić information content (AvgIpc) is 2.85. The summed E-state index contributed by atoms with van der Waals surface area (Å²) in [5.41, 5.74) is 3.50. The number of rotatable bonds is 8. The molecule has 0 aromatic heterocycles. The first-order valence-corrected chi connectivity index (χ1v) is 12.1. The van der Waals surface area contributed by atoms with Gasteiger partial charge >= 0.3 is 0 Å². The normalized spacial score (nSPS) is 12.1. The molecule has 0 aliphatic rings. The van der Waals surface area contributed by atoms with E-state index in [1.165, 1.54) is 30.3 Å². The fourth-order valence-corrected chi connectivity index (χ4v) is 4.80. The lowest BCUT2D eigenvalue weighted by Crippen LogP contribution is -2.04. The van der Waals surface area contributed by atoms with Crippen LogP contribution < -0.4 is 0 Å². The van der Waals surface area contributed by atoms with Crippen LogP contribution in [0.25, 0.3) is 0 Å².